The maximum Gasteiger partial charge on any atom is 0.239 e. The van der Waals surface area contributed by atoms with Crippen molar-refractivity contribution in [2.45, 2.75) is 39.5 Å². The fourth-order valence-corrected chi connectivity index (χ4v) is 3.12. The second-order valence-corrected chi connectivity index (χ2v) is 5.88. The molecule has 3 heteroatoms. The third kappa shape index (κ3) is 2.07. The van der Waals surface area contributed by atoms with E-state index in [1.165, 1.54) is 25.7 Å². The summed E-state index contributed by atoms with van der Waals surface area (Å²) in [4.78, 5) is 11.7. The van der Waals surface area contributed by atoms with Crippen LogP contribution in [0.1, 0.15) is 39.5 Å². The minimum Gasteiger partial charge on any atom is -0.354 e. The first-order valence-electron chi connectivity index (χ1n) is 6.22. The highest BCUT2D eigenvalue weighted by atomic mass is 16.2. The summed E-state index contributed by atoms with van der Waals surface area (Å²) in [6.45, 7) is 4.11. The van der Waals surface area contributed by atoms with Gasteiger partial charge in [-0.2, -0.15) is 5.26 Å². The van der Waals surface area contributed by atoms with Gasteiger partial charge in [-0.1, -0.05) is 6.42 Å². The number of fused-ring (bicyclic) bond motifs is 2. The van der Waals surface area contributed by atoms with Crippen molar-refractivity contribution in [1.29, 1.82) is 5.26 Å². The molecule has 2 bridgehead atoms. The van der Waals surface area contributed by atoms with Crippen LogP contribution >= 0.6 is 0 Å². The van der Waals surface area contributed by atoms with Crippen LogP contribution in [0.4, 0.5) is 0 Å². The molecule has 0 aromatic rings. The molecular weight excluding hydrogens is 200 g/mol. The van der Waals surface area contributed by atoms with Crippen molar-refractivity contribution in [1.82, 2.24) is 5.32 Å². The average Bonchev–Trinajstić information content (AvgIpc) is 2.87. The molecule has 88 valence electrons. The molecule has 2 saturated carbocycles. The van der Waals surface area contributed by atoms with E-state index in [1.807, 2.05) is 6.07 Å². The summed E-state index contributed by atoms with van der Waals surface area (Å²) in [5.74, 6) is 2.28. The van der Waals surface area contributed by atoms with E-state index in [0.29, 0.717) is 5.92 Å². The number of hydrogen-bond donors (Lipinski definition) is 1. The summed E-state index contributed by atoms with van der Waals surface area (Å²) in [5.41, 5.74) is -0.891. The number of nitriles is 1. The van der Waals surface area contributed by atoms with Gasteiger partial charge in [0.15, 0.2) is 0 Å². The van der Waals surface area contributed by atoms with Crippen LogP contribution in [-0.4, -0.2) is 12.5 Å². The second kappa shape index (κ2) is 4.08. The van der Waals surface area contributed by atoms with Gasteiger partial charge >= 0.3 is 0 Å². The summed E-state index contributed by atoms with van der Waals surface area (Å²) in [7, 11) is 0. The zero-order chi connectivity index (χ0) is 11.8. The molecule has 0 saturated heterocycles. The molecule has 3 nitrogen and oxygen atoms in total. The Labute approximate surface area is 97.2 Å². The molecule has 2 aliphatic rings. The number of amides is 1. The molecule has 0 aromatic heterocycles. The van der Waals surface area contributed by atoms with E-state index < -0.39 is 5.41 Å². The van der Waals surface area contributed by atoms with Crippen LogP contribution in [0, 0.1) is 34.5 Å². The van der Waals surface area contributed by atoms with Crippen molar-refractivity contribution in [3.63, 3.8) is 0 Å². The van der Waals surface area contributed by atoms with Crippen molar-refractivity contribution in [2.24, 2.45) is 23.2 Å². The lowest BCUT2D eigenvalue weighted by molar-refractivity contribution is -0.127. The lowest BCUT2D eigenvalue weighted by atomic mass is 9.88. The molecule has 2 fully saturated rings. The quantitative estimate of drug-likeness (QED) is 0.791. The average molecular weight is 220 g/mol. The zero-order valence-corrected chi connectivity index (χ0v) is 10.1. The molecule has 0 heterocycles. The molecule has 3 unspecified atom stereocenters. The van der Waals surface area contributed by atoms with E-state index in [0.717, 1.165) is 18.4 Å². The van der Waals surface area contributed by atoms with Gasteiger partial charge in [-0.05, 0) is 50.9 Å². The van der Waals surface area contributed by atoms with Gasteiger partial charge in [0.2, 0.25) is 5.91 Å². The molecule has 0 spiro atoms. The minimum absolute atomic E-state index is 0.127. The molecule has 16 heavy (non-hydrogen) atoms. The Morgan fingerprint density at radius 2 is 2.19 bits per heavy atom. The number of carbonyl (C=O) groups excluding carboxylic acids is 1. The smallest absolute Gasteiger partial charge is 0.239 e. The summed E-state index contributed by atoms with van der Waals surface area (Å²) >= 11 is 0. The Bertz CT molecular complexity index is 329. The second-order valence-electron chi connectivity index (χ2n) is 5.88. The zero-order valence-electron chi connectivity index (χ0n) is 10.1. The lowest BCUT2D eigenvalue weighted by Crippen LogP contribution is -2.39. The van der Waals surface area contributed by atoms with Crippen molar-refractivity contribution in [3.05, 3.63) is 0 Å². The predicted molar refractivity (Wildman–Crippen MR) is 61.3 cm³/mol. The van der Waals surface area contributed by atoms with Crippen molar-refractivity contribution < 1.29 is 4.79 Å². The molecule has 1 N–H and O–H groups in total. The number of hydrogen-bond acceptors (Lipinski definition) is 2. The van der Waals surface area contributed by atoms with E-state index in [-0.39, 0.29) is 5.91 Å². The van der Waals surface area contributed by atoms with Gasteiger partial charge in [0, 0.05) is 6.54 Å². The van der Waals surface area contributed by atoms with Crippen LogP contribution < -0.4 is 5.32 Å². The Morgan fingerprint density at radius 3 is 2.69 bits per heavy atom. The van der Waals surface area contributed by atoms with Crippen molar-refractivity contribution in [3.8, 4) is 6.07 Å². The monoisotopic (exact) mass is 220 g/mol. The van der Waals surface area contributed by atoms with Gasteiger partial charge in [0.1, 0.15) is 5.41 Å². The molecular formula is C13H20N2O. The minimum atomic E-state index is -0.891. The van der Waals surface area contributed by atoms with Crippen LogP contribution in [-0.2, 0) is 4.79 Å². The van der Waals surface area contributed by atoms with Gasteiger partial charge in [-0.25, -0.2) is 0 Å². The predicted octanol–water partition coefficient (Wildman–Crippen LogP) is 2.09. The topological polar surface area (TPSA) is 52.9 Å². The van der Waals surface area contributed by atoms with Crippen LogP contribution in [0.5, 0.6) is 0 Å². The highest BCUT2D eigenvalue weighted by Crippen LogP contribution is 2.47. The van der Waals surface area contributed by atoms with Gasteiger partial charge in [-0.3, -0.25) is 4.79 Å². The molecule has 1 amide bonds. The fourth-order valence-electron chi connectivity index (χ4n) is 3.12. The van der Waals surface area contributed by atoms with E-state index in [1.54, 1.807) is 13.8 Å². The van der Waals surface area contributed by atoms with Crippen LogP contribution in [0.15, 0.2) is 0 Å². The number of rotatable bonds is 3. The SMILES string of the molecule is CC(C)(C#N)C(=O)NCC1CC2CCC1C2. The van der Waals surface area contributed by atoms with Gasteiger partial charge in [0.05, 0.1) is 6.07 Å². The Balaban J connectivity index is 1.81. The maximum absolute atomic E-state index is 11.7. The van der Waals surface area contributed by atoms with Gasteiger partial charge < -0.3 is 5.32 Å². The first kappa shape index (κ1) is 11.4. The Hall–Kier alpha value is -1.04. The Morgan fingerprint density at radius 1 is 1.44 bits per heavy atom. The maximum atomic E-state index is 11.7. The van der Waals surface area contributed by atoms with Crippen molar-refractivity contribution >= 4 is 5.91 Å². The highest BCUT2D eigenvalue weighted by Gasteiger charge is 2.39. The van der Waals surface area contributed by atoms with Gasteiger partial charge in [0.25, 0.3) is 0 Å². The van der Waals surface area contributed by atoms with Gasteiger partial charge in [-0.15, -0.1) is 0 Å². The summed E-state index contributed by atoms with van der Waals surface area (Å²) in [6, 6.07) is 2.04. The molecule has 3 atom stereocenters. The fraction of sp³-hybridized carbons (Fsp3) is 0.846. The van der Waals surface area contributed by atoms with E-state index >= 15 is 0 Å². The highest BCUT2D eigenvalue weighted by molar-refractivity contribution is 5.84. The largest absolute Gasteiger partial charge is 0.354 e. The molecule has 0 aliphatic heterocycles. The third-order valence-electron chi connectivity index (χ3n) is 4.26. The first-order chi connectivity index (χ1) is 7.53. The van der Waals surface area contributed by atoms with Crippen LogP contribution in [0.2, 0.25) is 0 Å². The van der Waals surface area contributed by atoms with E-state index in [9.17, 15) is 4.79 Å². The number of nitrogens with one attached hydrogen (secondary N) is 1. The lowest BCUT2D eigenvalue weighted by Gasteiger charge is -2.23. The molecule has 2 aliphatic carbocycles. The summed E-state index contributed by atoms with van der Waals surface area (Å²) in [5, 5.41) is 11.8. The number of carbonyl (C=O) groups is 1. The summed E-state index contributed by atoms with van der Waals surface area (Å²) < 4.78 is 0. The van der Waals surface area contributed by atoms with E-state index in [4.69, 9.17) is 5.26 Å². The number of nitrogens with zero attached hydrogens (tertiary/aromatic N) is 1. The molecule has 0 radical (unpaired) electrons. The Kier molecular flexibility index (Phi) is 2.92. The molecule has 2 rings (SSSR count). The standard InChI is InChI=1S/C13H20N2O/c1-13(2,8-14)12(16)15-7-11-6-9-3-4-10(11)5-9/h9-11H,3-7H2,1-2H3,(H,15,16). The first-order valence-corrected chi connectivity index (χ1v) is 6.22. The van der Waals surface area contributed by atoms with Crippen LogP contribution in [0.3, 0.4) is 0 Å². The van der Waals surface area contributed by atoms with Crippen LogP contribution in [0.25, 0.3) is 0 Å². The normalized spacial score (nSPS) is 32.4. The summed E-state index contributed by atoms with van der Waals surface area (Å²) in [6.07, 6.45) is 5.37. The molecule has 0 aromatic carbocycles. The third-order valence-corrected chi connectivity index (χ3v) is 4.26. The van der Waals surface area contributed by atoms with E-state index in [2.05, 4.69) is 5.32 Å². The van der Waals surface area contributed by atoms with Crippen molar-refractivity contribution in [2.75, 3.05) is 6.54 Å².